The monoisotopic (exact) mass is 553 g/mol. The third kappa shape index (κ3) is 10.2. The molecule has 9 nitrogen and oxygen atoms in total. The maximum absolute atomic E-state index is 12.7. The highest BCUT2D eigenvalue weighted by Crippen LogP contribution is 2.42. The number of rotatable bonds is 9. The van der Waals surface area contributed by atoms with E-state index in [1.54, 1.807) is 6.08 Å². The van der Waals surface area contributed by atoms with Crippen LogP contribution in [0, 0.1) is 0 Å². The van der Waals surface area contributed by atoms with Crippen LogP contribution in [-0.2, 0) is 20.8 Å². The quantitative estimate of drug-likeness (QED) is 0.347. The summed E-state index contributed by atoms with van der Waals surface area (Å²) in [5.74, 6) is -2.49. The number of aromatic nitrogens is 2. The molecule has 4 N–H and O–H groups in total. The SMILES string of the molecule is O=C(/C=C/[C@H](CCc1ccccc1)NC(=O)[C@@H]1CCCCN1)Nc1nnc(C2CC2)s1.O=C(O)C(F)(F)F. The normalized spacial score (nSPS) is 18.2. The summed E-state index contributed by atoms with van der Waals surface area (Å²) in [5, 5.41) is 26.0. The van der Waals surface area contributed by atoms with Crippen LogP contribution in [-0.4, -0.2) is 57.9 Å². The second kappa shape index (κ2) is 14.0. The lowest BCUT2D eigenvalue weighted by atomic mass is 10.0. The first-order valence-corrected chi connectivity index (χ1v) is 13.1. The van der Waals surface area contributed by atoms with Crippen molar-refractivity contribution in [1.82, 2.24) is 20.8 Å². The first kappa shape index (κ1) is 29.2. The van der Waals surface area contributed by atoms with Gasteiger partial charge in [-0.2, -0.15) is 13.2 Å². The van der Waals surface area contributed by atoms with Gasteiger partial charge in [0.15, 0.2) is 0 Å². The van der Waals surface area contributed by atoms with Crippen molar-refractivity contribution >= 4 is 34.3 Å². The molecular weight excluding hydrogens is 523 g/mol. The predicted molar refractivity (Wildman–Crippen MR) is 136 cm³/mol. The van der Waals surface area contributed by atoms with Gasteiger partial charge in [0.05, 0.1) is 6.04 Å². The molecule has 2 aliphatic rings. The van der Waals surface area contributed by atoms with Gasteiger partial charge < -0.3 is 15.7 Å². The fraction of sp³-hybridized carbons (Fsp3) is 0.480. The van der Waals surface area contributed by atoms with Crippen LogP contribution in [0.2, 0.25) is 0 Å². The van der Waals surface area contributed by atoms with Crippen LogP contribution in [0.4, 0.5) is 18.3 Å². The minimum absolute atomic E-state index is 0.000943. The number of anilines is 1. The summed E-state index contributed by atoms with van der Waals surface area (Å²) in [6.07, 6.45) is 5.04. The minimum Gasteiger partial charge on any atom is -0.475 e. The van der Waals surface area contributed by atoms with Crippen molar-refractivity contribution < 1.29 is 32.7 Å². The molecule has 1 saturated carbocycles. The molecule has 2 aromatic rings. The van der Waals surface area contributed by atoms with E-state index < -0.39 is 12.1 Å². The number of nitrogens with one attached hydrogen (secondary N) is 3. The molecule has 206 valence electrons. The summed E-state index contributed by atoms with van der Waals surface area (Å²) in [4.78, 5) is 34.0. The van der Waals surface area contributed by atoms with Crippen LogP contribution in [0.3, 0.4) is 0 Å². The molecule has 0 unspecified atom stereocenters. The third-order valence-electron chi connectivity index (χ3n) is 5.86. The van der Waals surface area contributed by atoms with E-state index in [9.17, 15) is 22.8 Å². The van der Waals surface area contributed by atoms with E-state index in [-0.39, 0.29) is 23.9 Å². The molecule has 1 aliphatic heterocycles. The van der Waals surface area contributed by atoms with Gasteiger partial charge in [-0.05, 0) is 50.6 Å². The topological polar surface area (TPSA) is 133 Å². The second-order valence-electron chi connectivity index (χ2n) is 9.01. The van der Waals surface area contributed by atoms with Gasteiger partial charge in [-0.3, -0.25) is 14.9 Å². The van der Waals surface area contributed by atoms with Crippen LogP contribution < -0.4 is 16.0 Å². The van der Waals surface area contributed by atoms with Crippen molar-refractivity contribution in [3.05, 3.63) is 53.1 Å². The standard InChI is InChI=1S/C23H29N5O2S.C2HF3O2/c29-20(26-23-28-27-22(31-23)17-10-11-17)14-13-18(12-9-16-6-2-1-3-7-16)25-21(30)19-8-4-5-15-24-19;3-2(4,5)1(6)7/h1-3,6-7,13-14,17-19,24H,4-5,8-12,15H2,(H,25,30)(H,26,28,29);(H,6,7)/b14-13+;/t18-,19-;/m0./s1. The van der Waals surface area contributed by atoms with E-state index in [1.165, 1.54) is 23.0 Å². The summed E-state index contributed by atoms with van der Waals surface area (Å²) in [6.45, 7) is 0.871. The molecule has 4 rings (SSSR count). The van der Waals surface area contributed by atoms with E-state index in [0.29, 0.717) is 11.0 Å². The summed E-state index contributed by atoms with van der Waals surface area (Å²) < 4.78 is 31.7. The van der Waals surface area contributed by atoms with Crippen molar-refractivity contribution in [1.29, 1.82) is 0 Å². The number of halogens is 3. The van der Waals surface area contributed by atoms with Gasteiger partial charge in [0.25, 0.3) is 0 Å². The maximum Gasteiger partial charge on any atom is 0.490 e. The molecular formula is C25H30F3N5O4S. The Bertz CT molecular complexity index is 1100. The summed E-state index contributed by atoms with van der Waals surface area (Å²) >= 11 is 1.44. The number of aryl methyl sites for hydroxylation is 1. The number of carboxylic acids is 1. The fourth-order valence-electron chi connectivity index (χ4n) is 3.67. The molecule has 0 spiro atoms. The molecule has 13 heteroatoms. The highest BCUT2D eigenvalue weighted by Gasteiger charge is 2.38. The van der Waals surface area contributed by atoms with E-state index >= 15 is 0 Å². The molecule has 1 saturated heterocycles. The van der Waals surface area contributed by atoms with Gasteiger partial charge in [-0.15, -0.1) is 10.2 Å². The van der Waals surface area contributed by atoms with Crippen LogP contribution >= 0.6 is 11.3 Å². The molecule has 1 aromatic carbocycles. The first-order chi connectivity index (χ1) is 18.1. The molecule has 0 bridgehead atoms. The lowest BCUT2D eigenvalue weighted by Crippen LogP contribution is -2.49. The number of hydrogen-bond donors (Lipinski definition) is 4. The maximum atomic E-state index is 12.7. The van der Waals surface area contributed by atoms with E-state index in [2.05, 4.69) is 38.3 Å². The summed E-state index contributed by atoms with van der Waals surface area (Å²) in [7, 11) is 0. The number of amides is 2. The van der Waals surface area contributed by atoms with Crippen molar-refractivity contribution in [2.45, 2.75) is 69.1 Å². The Labute approximate surface area is 221 Å². The molecule has 0 radical (unpaired) electrons. The van der Waals surface area contributed by atoms with Crippen molar-refractivity contribution in [2.24, 2.45) is 0 Å². The number of benzene rings is 1. The van der Waals surface area contributed by atoms with Crippen molar-refractivity contribution in [2.75, 3.05) is 11.9 Å². The number of carbonyl (C=O) groups excluding carboxylic acids is 2. The Kier molecular flexibility index (Phi) is 10.8. The number of hydrogen-bond acceptors (Lipinski definition) is 7. The predicted octanol–water partition coefficient (Wildman–Crippen LogP) is 3.80. The number of alkyl halides is 3. The Morgan fingerprint density at radius 1 is 1.13 bits per heavy atom. The smallest absolute Gasteiger partial charge is 0.475 e. The van der Waals surface area contributed by atoms with Gasteiger partial charge in [0.2, 0.25) is 16.9 Å². The van der Waals surface area contributed by atoms with Gasteiger partial charge in [-0.25, -0.2) is 4.79 Å². The Morgan fingerprint density at radius 2 is 1.84 bits per heavy atom. The largest absolute Gasteiger partial charge is 0.490 e. The Balaban J connectivity index is 0.000000505. The third-order valence-corrected chi connectivity index (χ3v) is 6.86. The highest BCUT2D eigenvalue weighted by atomic mass is 32.1. The zero-order chi connectivity index (χ0) is 27.5. The Hall–Kier alpha value is -3.32. The molecule has 2 amide bonds. The lowest BCUT2D eigenvalue weighted by molar-refractivity contribution is -0.192. The zero-order valence-electron chi connectivity index (χ0n) is 20.5. The fourth-order valence-corrected chi connectivity index (χ4v) is 4.59. The number of aliphatic carboxylic acids is 1. The van der Waals surface area contributed by atoms with Crippen LogP contribution in [0.25, 0.3) is 0 Å². The number of nitrogens with zero attached hydrogens (tertiary/aromatic N) is 2. The van der Waals surface area contributed by atoms with E-state index in [1.807, 2.05) is 18.2 Å². The summed E-state index contributed by atoms with van der Waals surface area (Å²) in [6, 6.07) is 9.78. The Morgan fingerprint density at radius 3 is 2.45 bits per heavy atom. The molecule has 2 atom stereocenters. The summed E-state index contributed by atoms with van der Waals surface area (Å²) in [5.41, 5.74) is 1.21. The van der Waals surface area contributed by atoms with Crippen LogP contribution in [0.15, 0.2) is 42.5 Å². The second-order valence-corrected chi connectivity index (χ2v) is 10.0. The average molecular weight is 554 g/mol. The van der Waals surface area contributed by atoms with Gasteiger partial charge >= 0.3 is 12.1 Å². The first-order valence-electron chi connectivity index (χ1n) is 12.3. The molecule has 38 heavy (non-hydrogen) atoms. The van der Waals surface area contributed by atoms with Crippen molar-refractivity contribution in [3.63, 3.8) is 0 Å². The molecule has 1 aliphatic carbocycles. The lowest BCUT2D eigenvalue weighted by Gasteiger charge is -2.25. The molecule has 2 heterocycles. The zero-order valence-corrected chi connectivity index (χ0v) is 21.4. The van der Waals surface area contributed by atoms with E-state index in [4.69, 9.17) is 9.90 Å². The van der Waals surface area contributed by atoms with Crippen molar-refractivity contribution in [3.8, 4) is 0 Å². The average Bonchev–Trinajstić information content (AvgIpc) is 3.65. The highest BCUT2D eigenvalue weighted by molar-refractivity contribution is 7.15. The molecule has 1 aromatic heterocycles. The number of carbonyl (C=O) groups is 3. The van der Waals surface area contributed by atoms with E-state index in [0.717, 1.165) is 56.5 Å². The van der Waals surface area contributed by atoms with Crippen LogP contribution in [0.1, 0.15) is 55.0 Å². The van der Waals surface area contributed by atoms with Gasteiger partial charge in [-0.1, -0.05) is 54.2 Å². The number of piperidine rings is 1. The minimum atomic E-state index is -5.08. The molecule has 2 fully saturated rings. The number of carboxylic acid groups (broad SMARTS) is 1. The van der Waals surface area contributed by atoms with Gasteiger partial charge in [0.1, 0.15) is 5.01 Å². The van der Waals surface area contributed by atoms with Gasteiger partial charge in [0, 0.05) is 18.0 Å². The van der Waals surface area contributed by atoms with Crippen LogP contribution in [0.5, 0.6) is 0 Å².